The Morgan fingerprint density at radius 3 is 2.89 bits per heavy atom. The number of fused-ring (bicyclic) bond motifs is 1. The van der Waals surface area contributed by atoms with Gasteiger partial charge in [-0.05, 0) is 17.7 Å². The Hall–Kier alpha value is -2.40. The summed E-state index contributed by atoms with van der Waals surface area (Å²) in [6.45, 7) is 3.52. The number of nitrogens with zero attached hydrogens (tertiary/aromatic N) is 2. The predicted molar refractivity (Wildman–Crippen MR) is 108 cm³/mol. The highest BCUT2D eigenvalue weighted by atomic mass is 32.2. The number of nitrogens with one attached hydrogen (secondary N) is 1. The molecule has 0 unspecified atom stereocenters. The Morgan fingerprint density at radius 1 is 1.46 bits per heavy atom. The number of alkyl carbamates (subject to hydrolysis) is 1. The number of hydrogen-bond donors (Lipinski definition) is 1. The smallest absolute Gasteiger partial charge is 0.408 e. The van der Waals surface area contributed by atoms with Gasteiger partial charge in [0.2, 0.25) is 0 Å². The highest BCUT2D eigenvalue weighted by Gasteiger charge is 2.54. The number of ether oxygens (including phenoxy) is 1. The SMILES string of the molecule is BOC(=O)C1=C(CSc2ccncc2)CS[C@@H]2[C@H](NC(=O)OCC=C)C(=O)N12. The topological polar surface area (TPSA) is 97.8 Å². The second-order valence-electron chi connectivity index (χ2n) is 5.83. The molecule has 0 radical (unpaired) electrons. The van der Waals surface area contributed by atoms with Crippen LogP contribution in [0.2, 0.25) is 0 Å². The number of amides is 2. The number of carbonyl (C=O) groups is 3. The molecule has 3 rings (SSSR count). The van der Waals surface area contributed by atoms with E-state index in [9.17, 15) is 14.4 Å². The maximum atomic E-state index is 12.6. The van der Waals surface area contributed by atoms with E-state index >= 15 is 0 Å². The van der Waals surface area contributed by atoms with Gasteiger partial charge in [0.05, 0.1) is 0 Å². The van der Waals surface area contributed by atoms with Crippen LogP contribution >= 0.6 is 23.5 Å². The summed E-state index contributed by atoms with van der Waals surface area (Å²) in [5, 5.41) is 2.17. The molecule has 0 aliphatic carbocycles. The van der Waals surface area contributed by atoms with Crippen LogP contribution in [0.3, 0.4) is 0 Å². The quantitative estimate of drug-likeness (QED) is 0.299. The molecule has 3 heterocycles. The van der Waals surface area contributed by atoms with Crippen LogP contribution in [0.1, 0.15) is 0 Å². The molecule has 2 amide bonds. The molecular formula is C17H18BN3O5S2. The Labute approximate surface area is 171 Å². The van der Waals surface area contributed by atoms with Gasteiger partial charge >= 0.3 is 20.1 Å². The van der Waals surface area contributed by atoms with Crippen LogP contribution in [0.15, 0.2) is 53.3 Å². The number of carbonyl (C=O) groups excluding carboxylic acids is 3. The summed E-state index contributed by atoms with van der Waals surface area (Å²) in [6.07, 6.45) is 4.14. The molecule has 1 aromatic rings. The van der Waals surface area contributed by atoms with Crippen molar-refractivity contribution in [1.29, 1.82) is 0 Å². The minimum Gasteiger partial charge on any atom is -0.539 e. The van der Waals surface area contributed by atoms with Crippen molar-refractivity contribution < 1.29 is 23.8 Å². The molecule has 1 fully saturated rings. The molecule has 8 nitrogen and oxygen atoms in total. The van der Waals surface area contributed by atoms with Crippen molar-refractivity contribution in [3.05, 3.63) is 48.5 Å². The van der Waals surface area contributed by atoms with Gasteiger partial charge in [0.1, 0.15) is 23.7 Å². The van der Waals surface area contributed by atoms with E-state index < -0.39 is 18.1 Å². The Balaban J connectivity index is 1.74. The van der Waals surface area contributed by atoms with Crippen LogP contribution in [-0.2, 0) is 19.0 Å². The molecule has 1 aromatic heterocycles. The van der Waals surface area contributed by atoms with Crippen LogP contribution in [-0.4, -0.2) is 65.4 Å². The molecule has 2 aliphatic heterocycles. The van der Waals surface area contributed by atoms with Gasteiger partial charge in [0.25, 0.3) is 5.91 Å². The summed E-state index contributed by atoms with van der Waals surface area (Å²) in [6, 6.07) is 3.02. The van der Waals surface area contributed by atoms with Gasteiger partial charge in [-0.3, -0.25) is 14.7 Å². The second-order valence-corrected chi connectivity index (χ2v) is 7.99. The minimum atomic E-state index is -0.739. The Kier molecular flexibility index (Phi) is 6.68. The van der Waals surface area contributed by atoms with Crippen LogP contribution in [0, 0.1) is 0 Å². The van der Waals surface area contributed by atoms with E-state index in [1.807, 2.05) is 12.1 Å². The van der Waals surface area contributed by atoms with Gasteiger partial charge in [-0.25, -0.2) is 9.59 Å². The maximum Gasteiger partial charge on any atom is 0.408 e. The molecular weight excluding hydrogens is 401 g/mol. The number of rotatable bonds is 7. The molecule has 146 valence electrons. The molecule has 0 aromatic carbocycles. The van der Waals surface area contributed by atoms with E-state index in [4.69, 9.17) is 9.39 Å². The number of β-lactam (4-membered cyclic amide) rings is 1. The zero-order chi connectivity index (χ0) is 20.1. The fourth-order valence-electron chi connectivity index (χ4n) is 2.79. The fourth-order valence-corrected chi connectivity index (χ4v) is 5.16. The van der Waals surface area contributed by atoms with E-state index in [-0.39, 0.29) is 23.6 Å². The molecule has 0 spiro atoms. The molecule has 1 N–H and O–H groups in total. The lowest BCUT2D eigenvalue weighted by molar-refractivity contribution is -0.148. The van der Waals surface area contributed by atoms with Gasteiger partial charge in [-0.1, -0.05) is 12.7 Å². The first-order valence-corrected chi connectivity index (χ1v) is 10.4. The fraction of sp³-hybridized carbons (Fsp3) is 0.294. The van der Waals surface area contributed by atoms with Crippen molar-refractivity contribution in [2.75, 3.05) is 18.1 Å². The van der Waals surface area contributed by atoms with Gasteiger partial charge in [-0.15, -0.1) is 23.5 Å². The maximum absolute atomic E-state index is 12.6. The van der Waals surface area contributed by atoms with Crippen LogP contribution in [0.4, 0.5) is 4.79 Å². The van der Waals surface area contributed by atoms with Gasteiger partial charge < -0.3 is 14.7 Å². The normalized spacial score (nSPS) is 20.7. The van der Waals surface area contributed by atoms with Crippen molar-refractivity contribution in [3.63, 3.8) is 0 Å². The third kappa shape index (κ3) is 4.20. The van der Waals surface area contributed by atoms with E-state index in [1.165, 1.54) is 30.8 Å². The molecule has 2 atom stereocenters. The van der Waals surface area contributed by atoms with Crippen molar-refractivity contribution in [2.24, 2.45) is 0 Å². The predicted octanol–water partition coefficient (Wildman–Crippen LogP) is 0.715. The lowest BCUT2D eigenvalue weighted by Crippen LogP contribution is -2.70. The van der Waals surface area contributed by atoms with Crippen molar-refractivity contribution >= 4 is 49.5 Å². The van der Waals surface area contributed by atoms with Gasteiger partial charge in [-0.2, -0.15) is 0 Å². The average molecular weight is 419 g/mol. The molecule has 28 heavy (non-hydrogen) atoms. The molecule has 2 aliphatic rings. The molecule has 1 saturated heterocycles. The van der Waals surface area contributed by atoms with Gasteiger partial charge in [0.15, 0.2) is 0 Å². The summed E-state index contributed by atoms with van der Waals surface area (Å²) in [5.41, 5.74) is 1.08. The number of hydrogen-bond acceptors (Lipinski definition) is 8. The standard InChI is InChI=1S/C17H18BN3O5S2/c1-2-7-25-17(24)20-12-14(22)21-13(16(23)26-18)10(9-28-15(12)21)8-27-11-3-5-19-6-4-11/h2-6,12,15H,1,7-9,18H2,(H,20,24)/t12-,15-/m1/s1. The van der Waals surface area contributed by atoms with Gasteiger partial charge in [0, 0.05) is 28.8 Å². The molecule has 0 saturated carbocycles. The van der Waals surface area contributed by atoms with Crippen LogP contribution in [0.5, 0.6) is 0 Å². The van der Waals surface area contributed by atoms with Crippen LogP contribution < -0.4 is 5.32 Å². The first-order valence-electron chi connectivity index (χ1n) is 8.38. The lowest BCUT2D eigenvalue weighted by Gasteiger charge is -2.49. The minimum absolute atomic E-state index is 0.0535. The first-order chi connectivity index (χ1) is 13.6. The molecule has 0 bridgehead atoms. The molecule has 11 heteroatoms. The van der Waals surface area contributed by atoms with E-state index in [1.54, 1.807) is 24.2 Å². The highest BCUT2D eigenvalue weighted by molar-refractivity contribution is 8.01. The summed E-state index contributed by atoms with van der Waals surface area (Å²) < 4.78 is 9.77. The number of pyridine rings is 1. The number of thioether (sulfide) groups is 2. The average Bonchev–Trinajstić information content (AvgIpc) is 2.73. The first kappa shape index (κ1) is 20.3. The largest absolute Gasteiger partial charge is 0.539 e. The van der Waals surface area contributed by atoms with E-state index in [0.717, 1.165) is 10.5 Å². The summed E-state index contributed by atoms with van der Waals surface area (Å²) in [4.78, 5) is 43.1. The third-order valence-electron chi connectivity index (χ3n) is 4.09. The zero-order valence-electron chi connectivity index (χ0n) is 15.1. The Morgan fingerprint density at radius 2 is 2.21 bits per heavy atom. The van der Waals surface area contributed by atoms with E-state index in [2.05, 4.69) is 16.9 Å². The Bertz CT molecular complexity index is 820. The van der Waals surface area contributed by atoms with Crippen LogP contribution in [0.25, 0.3) is 0 Å². The monoisotopic (exact) mass is 419 g/mol. The third-order valence-corrected chi connectivity index (χ3v) is 6.53. The number of aromatic nitrogens is 1. The summed E-state index contributed by atoms with van der Waals surface area (Å²) in [5.74, 6) is 0.171. The van der Waals surface area contributed by atoms with Crippen molar-refractivity contribution in [3.8, 4) is 0 Å². The zero-order valence-corrected chi connectivity index (χ0v) is 16.8. The highest BCUT2D eigenvalue weighted by Crippen LogP contribution is 2.41. The summed E-state index contributed by atoms with van der Waals surface area (Å²) >= 11 is 3.04. The lowest BCUT2D eigenvalue weighted by atomic mass is 10.0. The summed E-state index contributed by atoms with van der Waals surface area (Å²) in [7, 11) is 1.28. The second kappa shape index (κ2) is 9.20. The van der Waals surface area contributed by atoms with Crippen molar-refractivity contribution in [1.82, 2.24) is 15.2 Å². The van der Waals surface area contributed by atoms with E-state index in [0.29, 0.717) is 11.5 Å². The van der Waals surface area contributed by atoms with Crippen molar-refractivity contribution in [2.45, 2.75) is 16.3 Å².